The summed E-state index contributed by atoms with van der Waals surface area (Å²) < 4.78 is 24.6. The van der Waals surface area contributed by atoms with Crippen molar-refractivity contribution in [2.24, 2.45) is 0 Å². The Morgan fingerprint density at radius 2 is 1.32 bits per heavy atom. The number of rotatable bonds is 0. The molecule has 0 fully saturated rings. The average Bonchev–Trinajstić information content (AvgIpc) is 2.56. The second-order valence-corrected chi connectivity index (χ2v) is 5.70. The lowest BCUT2D eigenvalue weighted by atomic mass is 10.2. The molecule has 0 unspecified atom stereocenters. The maximum Gasteiger partial charge on any atom is 0.144 e. The zero-order chi connectivity index (χ0) is 18.8. The first-order chi connectivity index (χ1) is 11.8. The maximum atomic E-state index is 12.5. The van der Waals surface area contributed by atoms with Crippen LogP contribution in [0.1, 0.15) is 27.8 Å². The first kappa shape index (κ1) is 20.4. The summed E-state index contributed by atoms with van der Waals surface area (Å²) in [5.41, 5.74) is 5.00. The molecule has 0 bridgehead atoms. The van der Waals surface area contributed by atoms with E-state index in [4.69, 9.17) is 0 Å². The first-order valence-corrected chi connectivity index (χ1v) is 7.82. The molecule has 3 rings (SSSR count). The highest BCUT2D eigenvalue weighted by Crippen LogP contribution is 2.07. The summed E-state index contributed by atoms with van der Waals surface area (Å²) >= 11 is 0. The van der Waals surface area contributed by atoms with E-state index in [1.54, 1.807) is 26.2 Å². The fourth-order valence-corrected chi connectivity index (χ4v) is 1.66. The van der Waals surface area contributed by atoms with Crippen molar-refractivity contribution in [1.82, 2.24) is 15.0 Å². The van der Waals surface area contributed by atoms with Crippen LogP contribution >= 0.6 is 0 Å². The quantitative estimate of drug-likeness (QED) is 0.572. The van der Waals surface area contributed by atoms with Gasteiger partial charge in [-0.3, -0.25) is 15.0 Å². The van der Waals surface area contributed by atoms with Gasteiger partial charge in [-0.05, 0) is 74.6 Å². The molecule has 0 aliphatic rings. The van der Waals surface area contributed by atoms with E-state index in [9.17, 15) is 8.78 Å². The second-order valence-electron chi connectivity index (χ2n) is 5.70. The topological polar surface area (TPSA) is 38.7 Å². The first-order valence-electron chi connectivity index (χ1n) is 7.82. The van der Waals surface area contributed by atoms with Gasteiger partial charge < -0.3 is 0 Å². The molecule has 5 heteroatoms. The van der Waals surface area contributed by atoms with Crippen molar-refractivity contribution < 1.29 is 8.78 Å². The minimum Gasteiger partial charge on any atom is -0.264 e. The lowest BCUT2D eigenvalue weighted by Crippen LogP contribution is -1.87. The van der Waals surface area contributed by atoms with Crippen LogP contribution in [-0.4, -0.2) is 15.0 Å². The smallest absolute Gasteiger partial charge is 0.144 e. The van der Waals surface area contributed by atoms with Crippen LogP contribution in [0.5, 0.6) is 0 Å². The van der Waals surface area contributed by atoms with Crippen LogP contribution < -0.4 is 0 Å². The van der Waals surface area contributed by atoms with Gasteiger partial charge in [-0.25, -0.2) is 8.78 Å². The molecule has 0 aromatic carbocycles. The Bertz CT molecular complexity index is 746. The Morgan fingerprint density at radius 3 is 1.72 bits per heavy atom. The third kappa shape index (κ3) is 7.61. The Hall–Kier alpha value is -2.69. The van der Waals surface area contributed by atoms with Gasteiger partial charge in [0.2, 0.25) is 0 Å². The third-order valence-corrected chi connectivity index (χ3v) is 3.55. The predicted octanol–water partition coefficient (Wildman–Crippen LogP) is 5.07. The fourth-order valence-electron chi connectivity index (χ4n) is 1.66. The van der Waals surface area contributed by atoms with Gasteiger partial charge in [-0.2, -0.15) is 0 Å². The van der Waals surface area contributed by atoms with Crippen molar-refractivity contribution in [1.29, 1.82) is 0 Å². The molecule has 0 aliphatic carbocycles. The number of aryl methyl sites for hydroxylation is 4. The SMILES string of the molecule is Cc1ccncc1C.Cc1cncc(F)c1.Cc1cncc(F)c1C. The molecule has 3 aromatic rings. The summed E-state index contributed by atoms with van der Waals surface area (Å²) in [6, 6.07) is 3.45. The number of hydrogen-bond donors (Lipinski definition) is 0. The summed E-state index contributed by atoms with van der Waals surface area (Å²) in [6.45, 7) is 9.52. The predicted molar refractivity (Wildman–Crippen MR) is 96.3 cm³/mol. The lowest BCUT2D eigenvalue weighted by Gasteiger charge is -1.96. The van der Waals surface area contributed by atoms with E-state index in [0.29, 0.717) is 5.56 Å². The normalized spacial score (nSPS) is 9.40. The molecule has 3 aromatic heterocycles. The van der Waals surface area contributed by atoms with Crippen molar-refractivity contribution >= 4 is 0 Å². The Labute approximate surface area is 147 Å². The van der Waals surface area contributed by atoms with E-state index in [1.165, 1.54) is 29.6 Å². The second kappa shape index (κ2) is 10.2. The summed E-state index contributed by atoms with van der Waals surface area (Å²) in [7, 11) is 0. The van der Waals surface area contributed by atoms with Crippen molar-refractivity contribution in [3.8, 4) is 0 Å². The third-order valence-electron chi connectivity index (χ3n) is 3.55. The molecule has 132 valence electrons. The van der Waals surface area contributed by atoms with Crippen LogP contribution in [0, 0.1) is 46.3 Å². The molecule has 0 N–H and O–H groups in total. The van der Waals surface area contributed by atoms with Gasteiger partial charge in [0.25, 0.3) is 0 Å². The zero-order valence-corrected chi connectivity index (χ0v) is 15.2. The average molecular weight is 343 g/mol. The van der Waals surface area contributed by atoms with E-state index in [1.807, 2.05) is 25.4 Å². The molecular weight excluding hydrogens is 320 g/mol. The number of halogens is 2. The Morgan fingerprint density at radius 1 is 0.680 bits per heavy atom. The van der Waals surface area contributed by atoms with Crippen molar-refractivity contribution in [2.45, 2.75) is 34.6 Å². The number of hydrogen-bond acceptors (Lipinski definition) is 3. The minimum atomic E-state index is -0.273. The molecule has 0 aliphatic heterocycles. The van der Waals surface area contributed by atoms with Crippen molar-refractivity contribution in [2.75, 3.05) is 0 Å². The highest BCUT2D eigenvalue weighted by molar-refractivity contribution is 5.21. The van der Waals surface area contributed by atoms with Gasteiger partial charge in [-0.1, -0.05) is 0 Å². The highest BCUT2D eigenvalue weighted by atomic mass is 19.1. The molecule has 0 amide bonds. The zero-order valence-electron chi connectivity index (χ0n) is 15.2. The van der Waals surface area contributed by atoms with E-state index < -0.39 is 0 Å². The van der Waals surface area contributed by atoms with Crippen LogP contribution in [0.15, 0.2) is 49.3 Å². The van der Waals surface area contributed by atoms with Crippen LogP contribution in [0.25, 0.3) is 0 Å². The summed E-state index contributed by atoms with van der Waals surface area (Å²) in [4.78, 5) is 11.2. The van der Waals surface area contributed by atoms with Gasteiger partial charge in [0, 0.05) is 24.8 Å². The van der Waals surface area contributed by atoms with Crippen LogP contribution in [0.3, 0.4) is 0 Å². The van der Waals surface area contributed by atoms with Gasteiger partial charge in [0.1, 0.15) is 11.6 Å². The fraction of sp³-hybridized carbons (Fsp3) is 0.250. The molecule has 0 spiro atoms. The molecule has 0 atom stereocenters. The molecular formula is C20H23F2N3. The molecule has 25 heavy (non-hydrogen) atoms. The standard InChI is InChI=1S/C7H8FN.C7H9N.C6H6FN/c1-5-3-9-4-7(8)6(5)2;1-6-3-4-8-5-7(6)2;1-5-2-6(7)4-8-3-5/h3-4H,1-2H3;3-5H,1-2H3;2-4H,1H3. The van der Waals surface area contributed by atoms with Crippen LogP contribution in [-0.2, 0) is 0 Å². The van der Waals surface area contributed by atoms with Gasteiger partial charge in [0.05, 0.1) is 12.4 Å². The highest BCUT2D eigenvalue weighted by Gasteiger charge is 1.97. The number of aromatic nitrogens is 3. The Balaban J connectivity index is 0.000000188. The van der Waals surface area contributed by atoms with E-state index in [2.05, 4.69) is 28.8 Å². The summed E-state index contributed by atoms with van der Waals surface area (Å²) in [5, 5.41) is 0. The van der Waals surface area contributed by atoms with Gasteiger partial charge in [0.15, 0.2) is 0 Å². The van der Waals surface area contributed by atoms with Gasteiger partial charge in [-0.15, -0.1) is 0 Å². The lowest BCUT2D eigenvalue weighted by molar-refractivity contribution is 0.610. The van der Waals surface area contributed by atoms with E-state index in [-0.39, 0.29) is 11.6 Å². The molecule has 3 heterocycles. The summed E-state index contributed by atoms with van der Waals surface area (Å²) in [5.74, 6) is -0.500. The molecule has 0 radical (unpaired) electrons. The van der Waals surface area contributed by atoms with Crippen LogP contribution in [0.4, 0.5) is 8.78 Å². The van der Waals surface area contributed by atoms with Crippen LogP contribution in [0.2, 0.25) is 0 Å². The van der Waals surface area contributed by atoms with E-state index >= 15 is 0 Å². The van der Waals surface area contributed by atoms with Crippen molar-refractivity contribution in [3.05, 3.63) is 88.8 Å². The number of pyridine rings is 3. The summed E-state index contributed by atoms with van der Waals surface area (Å²) in [6.07, 6.45) is 9.36. The monoisotopic (exact) mass is 343 g/mol. The maximum absolute atomic E-state index is 12.5. The molecule has 3 nitrogen and oxygen atoms in total. The molecule has 0 saturated heterocycles. The molecule has 0 saturated carbocycles. The van der Waals surface area contributed by atoms with Gasteiger partial charge >= 0.3 is 0 Å². The number of nitrogens with zero attached hydrogens (tertiary/aromatic N) is 3. The van der Waals surface area contributed by atoms with E-state index in [0.717, 1.165) is 11.1 Å². The Kier molecular flexibility index (Phi) is 8.33. The largest absolute Gasteiger partial charge is 0.264 e. The van der Waals surface area contributed by atoms with Crippen molar-refractivity contribution in [3.63, 3.8) is 0 Å². The minimum absolute atomic E-state index is 0.227.